The van der Waals surface area contributed by atoms with Crippen LogP contribution in [0.25, 0.3) is 0 Å². The summed E-state index contributed by atoms with van der Waals surface area (Å²) in [6, 6.07) is 4.35. The molecule has 1 atom stereocenters. The maximum absolute atomic E-state index is 11.4. The maximum Gasteiger partial charge on any atom is 0.308 e. The van der Waals surface area contributed by atoms with Crippen LogP contribution < -0.4 is 4.90 Å². The van der Waals surface area contributed by atoms with Gasteiger partial charge in [0.25, 0.3) is 0 Å². The van der Waals surface area contributed by atoms with Gasteiger partial charge in [0.05, 0.1) is 5.92 Å². The molecule has 104 valence electrons. The normalized spacial score (nSPS) is 21.7. The third-order valence-electron chi connectivity index (χ3n) is 4.39. The van der Waals surface area contributed by atoms with Gasteiger partial charge in [-0.15, -0.1) is 0 Å². The van der Waals surface area contributed by atoms with Crippen LogP contribution in [0.4, 0.5) is 5.69 Å². The van der Waals surface area contributed by atoms with Gasteiger partial charge in [0.1, 0.15) is 0 Å². The zero-order valence-electron chi connectivity index (χ0n) is 12.4. The van der Waals surface area contributed by atoms with Gasteiger partial charge in [-0.3, -0.25) is 4.79 Å². The summed E-state index contributed by atoms with van der Waals surface area (Å²) in [4.78, 5) is 13.7. The molecule has 1 aliphatic heterocycles. The Hall–Kier alpha value is -1.51. The highest BCUT2D eigenvalue weighted by molar-refractivity contribution is 5.75. The van der Waals surface area contributed by atoms with E-state index in [0.29, 0.717) is 0 Å². The van der Waals surface area contributed by atoms with Crippen molar-refractivity contribution in [3.63, 3.8) is 0 Å². The van der Waals surface area contributed by atoms with E-state index in [4.69, 9.17) is 0 Å². The topological polar surface area (TPSA) is 40.5 Å². The maximum atomic E-state index is 11.4. The number of aliphatic carboxylic acids is 1. The van der Waals surface area contributed by atoms with E-state index >= 15 is 0 Å². The van der Waals surface area contributed by atoms with Crippen molar-refractivity contribution in [2.24, 2.45) is 5.92 Å². The van der Waals surface area contributed by atoms with Crippen molar-refractivity contribution in [2.45, 2.75) is 46.6 Å². The lowest BCUT2D eigenvalue weighted by Crippen LogP contribution is -2.45. The lowest BCUT2D eigenvalue weighted by molar-refractivity contribution is -0.142. The van der Waals surface area contributed by atoms with Crippen LogP contribution in [-0.4, -0.2) is 23.2 Å². The molecular weight excluding hydrogens is 238 g/mol. The van der Waals surface area contributed by atoms with Gasteiger partial charge in [-0.25, -0.2) is 0 Å². The van der Waals surface area contributed by atoms with E-state index in [1.165, 1.54) is 22.4 Å². The number of nitrogens with zero attached hydrogens (tertiary/aromatic N) is 1. The number of aryl methyl sites for hydroxylation is 3. The fourth-order valence-electron chi connectivity index (χ4n) is 3.51. The Kier molecular flexibility index (Phi) is 3.33. The number of anilines is 1. The Bertz CT molecular complexity index is 496. The van der Waals surface area contributed by atoms with Gasteiger partial charge in [0.15, 0.2) is 0 Å². The van der Waals surface area contributed by atoms with Gasteiger partial charge in [-0.05, 0) is 52.2 Å². The van der Waals surface area contributed by atoms with Gasteiger partial charge < -0.3 is 10.0 Å². The molecule has 1 aromatic rings. The highest BCUT2D eigenvalue weighted by Crippen LogP contribution is 2.41. The van der Waals surface area contributed by atoms with E-state index in [1.807, 2.05) is 13.8 Å². The molecule has 1 fully saturated rings. The summed E-state index contributed by atoms with van der Waals surface area (Å²) >= 11 is 0. The molecule has 3 nitrogen and oxygen atoms in total. The van der Waals surface area contributed by atoms with E-state index in [1.54, 1.807) is 0 Å². The number of carboxylic acids is 1. The molecular formula is C16H23NO2. The first-order valence-corrected chi connectivity index (χ1v) is 6.83. The average molecular weight is 261 g/mol. The third-order valence-corrected chi connectivity index (χ3v) is 4.39. The van der Waals surface area contributed by atoms with E-state index in [-0.39, 0.29) is 11.5 Å². The van der Waals surface area contributed by atoms with Gasteiger partial charge in [-0.1, -0.05) is 17.7 Å². The Balaban J connectivity index is 2.47. The third kappa shape index (κ3) is 2.22. The number of carboxylic acid groups (broad SMARTS) is 1. The molecule has 0 amide bonds. The number of rotatable bonds is 2. The fourth-order valence-corrected chi connectivity index (χ4v) is 3.51. The Morgan fingerprint density at radius 3 is 2.21 bits per heavy atom. The largest absolute Gasteiger partial charge is 0.481 e. The summed E-state index contributed by atoms with van der Waals surface area (Å²) in [5, 5.41) is 9.37. The molecule has 0 aliphatic carbocycles. The second kappa shape index (κ2) is 4.55. The van der Waals surface area contributed by atoms with E-state index in [9.17, 15) is 9.90 Å². The van der Waals surface area contributed by atoms with Crippen LogP contribution in [0.2, 0.25) is 0 Å². The fraction of sp³-hybridized carbons (Fsp3) is 0.562. The van der Waals surface area contributed by atoms with Crippen molar-refractivity contribution >= 4 is 11.7 Å². The van der Waals surface area contributed by atoms with Gasteiger partial charge >= 0.3 is 5.97 Å². The standard InChI is InChI=1S/C16H23NO2/c1-10-8-11(2)14(12(3)9-10)17-7-6-13(15(18)19)16(17,4)5/h8-9,13H,6-7H2,1-5H3,(H,18,19). The summed E-state index contributed by atoms with van der Waals surface area (Å²) in [6.07, 6.45) is 0.717. The monoisotopic (exact) mass is 261 g/mol. The average Bonchev–Trinajstić information content (AvgIpc) is 2.53. The summed E-state index contributed by atoms with van der Waals surface area (Å²) < 4.78 is 0. The zero-order valence-corrected chi connectivity index (χ0v) is 12.4. The second-order valence-electron chi connectivity index (χ2n) is 6.23. The molecule has 0 radical (unpaired) electrons. The smallest absolute Gasteiger partial charge is 0.308 e. The quantitative estimate of drug-likeness (QED) is 0.888. The zero-order chi connectivity index (χ0) is 14.4. The number of hydrogen-bond donors (Lipinski definition) is 1. The second-order valence-corrected chi connectivity index (χ2v) is 6.23. The van der Waals surface area contributed by atoms with E-state index in [2.05, 4.69) is 37.8 Å². The van der Waals surface area contributed by atoms with Crippen LogP contribution in [-0.2, 0) is 4.79 Å². The van der Waals surface area contributed by atoms with Crippen molar-refractivity contribution in [3.8, 4) is 0 Å². The van der Waals surface area contributed by atoms with Crippen LogP contribution >= 0.6 is 0 Å². The van der Waals surface area contributed by atoms with Crippen molar-refractivity contribution in [1.82, 2.24) is 0 Å². The molecule has 0 bridgehead atoms. The predicted molar refractivity (Wildman–Crippen MR) is 77.8 cm³/mol. The van der Waals surface area contributed by atoms with Crippen molar-refractivity contribution in [3.05, 3.63) is 28.8 Å². The lowest BCUT2D eigenvalue weighted by atomic mass is 9.87. The van der Waals surface area contributed by atoms with E-state index in [0.717, 1.165) is 13.0 Å². The summed E-state index contributed by atoms with van der Waals surface area (Å²) in [5.41, 5.74) is 4.59. The highest BCUT2D eigenvalue weighted by Gasteiger charge is 2.46. The molecule has 0 saturated carbocycles. The predicted octanol–water partition coefficient (Wildman–Crippen LogP) is 3.30. The molecule has 1 unspecified atom stereocenters. The minimum absolute atomic E-state index is 0.299. The van der Waals surface area contributed by atoms with Gasteiger partial charge in [0.2, 0.25) is 0 Å². The number of benzene rings is 1. The van der Waals surface area contributed by atoms with Crippen molar-refractivity contribution < 1.29 is 9.90 Å². The van der Waals surface area contributed by atoms with Crippen LogP contribution in [0, 0.1) is 26.7 Å². The van der Waals surface area contributed by atoms with Gasteiger partial charge in [0, 0.05) is 17.8 Å². The first-order chi connectivity index (χ1) is 8.75. The van der Waals surface area contributed by atoms with Crippen LogP contribution in [0.15, 0.2) is 12.1 Å². The number of hydrogen-bond acceptors (Lipinski definition) is 2. The summed E-state index contributed by atoms with van der Waals surface area (Å²) in [5.74, 6) is -0.984. The van der Waals surface area contributed by atoms with Crippen molar-refractivity contribution in [1.29, 1.82) is 0 Å². The molecule has 1 heterocycles. The van der Waals surface area contributed by atoms with Gasteiger partial charge in [-0.2, -0.15) is 0 Å². The van der Waals surface area contributed by atoms with Crippen molar-refractivity contribution in [2.75, 3.05) is 11.4 Å². The molecule has 1 N–H and O–H groups in total. The van der Waals surface area contributed by atoms with Crippen LogP contribution in [0.3, 0.4) is 0 Å². The SMILES string of the molecule is Cc1cc(C)c(N2CCC(C(=O)O)C2(C)C)c(C)c1. The summed E-state index contributed by atoms with van der Waals surface area (Å²) in [6.45, 7) is 11.2. The molecule has 0 aromatic heterocycles. The molecule has 19 heavy (non-hydrogen) atoms. The Morgan fingerprint density at radius 1 is 1.26 bits per heavy atom. The Morgan fingerprint density at radius 2 is 1.79 bits per heavy atom. The molecule has 1 aliphatic rings. The molecule has 1 aromatic carbocycles. The highest BCUT2D eigenvalue weighted by atomic mass is 16.4. The molecule has 3 heteroatoms. The minimum Gasteiger partial charge on any atom is -0.481 e. The molecule has 2 rings (SSSR count). The minimum atomic E-state index is -0.685. The summed E-state index contributed by atoms with van der Waals surface area (Å²) in [7, 11) is 0. The van der Waals surface area contributed by atoms with E-state index < -0.39 is 5.97 Å². The molecule has 1 saturated heterocycles. The van der Waals surface area contributed by atoms with Crippen LogP contribution in [0.1, 0.15) is 37.0 Å². The Labute approximate surface area is 115 Å². The lowest BCUT2D eigenvalue weighted by Gasteiger charge is -2.38. The number of carbonyl (C=O) groups is 1. The first kappa shape index (κ1) is 13.9. The first-order valence-electron chi connectivity index (χ1n) is 6.83. The van der Waals surface area contributed by atoms with Crippen LogP contribution in [0.5, 0.6) is 0 Å². The molecule has 0 spiro atoms.